The fourth-order valence-corrected chi connectivity index (χ4v) is 4.54. The minimum atomic E-state index is -0.218. The predicted octanol–water partition coefficient (Wildman–Crippen LogP) is 4.78. The van der Waals surface area contributed by atoms with Gasteiger partial charge in [0, 0.05) is 6.61 Å². The van der Waals surface area contributed by atoms with Crippen molar-refractivity contribution in [3.05, 3.63) is 64.5 Å². The number of aryl methyl sites for hydroxylation is 2. The summed E-state index contributed by atoms with van der Waals surface area (Å²) in [5.41, 5.74) is 11.0. The highest BCUT2D eigenvalue weighted by Gasteiger charge is 2.21. The van der Waals surface area contributed by atoms with Crippen LogP contribution in [-0.2, 0) is 19.3 Å². The van der Waals surface area contributed by atoms with Gasteiger partial charge in [0.25, 0.3) is 0 Å². The monoisotopic (exact) mass is 399 g/mol. The Bertz CT molecular complexity index is 792. The first kappa shape index (κ1) is 21.8. The van der Waals surface area contributed by atoms with Crippen LogP contribution >= 0.6 is 0 Å². The van der Waals surface area contributed by atoms with Crippen molar-refractivity contribution in [1.29, 1.82) is 0 Å². The molecule has 2 aromatic rings. The van der Waals surface area contributed by atoms with Crippen molar-refractivity contribution in [1.82, 2.24) is 0 Å². The van der Waals surface area contributed by atoms with Crippen LogP contribution in [-0.4, -0.2) is 25.4 Å². The highest BCUT2D eigenvalue weighted by molar-refractivity contribution is 5.36. The van der Waals surface area contributed by atoms with E-state index in [1.54, 1.807) is 6.07 Å². The van der Waals surface area contributed by atoms with E-state index in [0.29, 0.717) is 24.1 Å². The maximum atomic E-state index is 14.4. The van der Waals surface area contributed by atoms with Crippen molar-refractivity contribution in [2.75, 3.05) is 20.3 Å². The van der Waals surface area contributed by atoms with Gasteiger partial charge in [0.15, 0.2) is 11.6 Å². The molecule has 2 atom stereocenters. The van der Waals surface area contributed by atoms with E-state index in [1.807, 2.05) is 12.1 Å². The Hall–Kier alpha value is -1.91. The number of rotatable bonds is 10. The SMILES string of the molecule is COc1cccc(CC[C@@H]2CCc3cc([C@H](CN)CCCCO)ccc3C2)c1F. The topological polar surface area (TPSA) is 55.5 Å². The zero-order valence-corrected chi connectivity index (χ0v) is 17.5. The molecule has 29 heavy (non-hydrogen) atoms. The van der Waals surface area contributed by atoms with Crippen molar-refractivity contribution in [3.63, 3.8) is 0 Å². The smallest absolute Gasteiger partial charge is 0.168 e. The lowest BCUT2D eigenvalue weighted by Crippen LogP contribution is -2.17. The molecule has 1 aliphatic rings. The third kappa shape index (κ3) is 5.58. The number of halogens is 1. The summed E-state index contributed by atoms with van der Waals surface area (Å²) in [5, 5.41) is 9.00. The van der Waals surface area contributed by atoms with Crippen LogP contribution < -0.4 is 10.5 Å². The molecule has 3 rings (SSSR count). The standard InChI is InChI=1S/C25H34FNO2/c1-29-24-7-4-6-19(25(24)26)10-8-18-9-11-21-16-22(13-12-20(21)15-18)23(17-27)5-2-3-14-28/h4,6-7,12-13,16,18,23,28H,2-3,5,8-11,14-15,17,27H2,1H3/t18-,23+/m1/s1. The van der Waals surface area contributed by atoms with Gasteiger partial charge >= 0.3 is 0 Å². The second kappa shape index (κ2) is 10.7. The molecule has 3 N–H and O–H groups in total. The molecular formula is C25H34FNO2. The fourth-order valence-electron chi connectivity index (χ4n) is 4.54. The lowest BCUT2D eigenvalue weighted by Gasteiger charge is -2.26. The summed E-state index contributed by atoms with van der Waals surface area (Å²) in [4.78, 5) is 0. The van der Waals surface area contributed by atoms with Crippen LogP contribution in [0.1, 0.15) is 60.3 Å². The molecule has 0 aromatic heterocycles. The summed E-state index contributed by atoms with van der Waals surface area (Å²) in [5.74, 6) is 1.08. The number of ether oxygens (including phenoxy) is 1. The highest BCUT2D eigenvalue weighted by Crippen LogP contribution is 2.32. The molecule has 0 unspecified atom stereocenters. The first-order chi connectivity index (χ1) is 14.2. The highest BCUT2D eigenvalue weighted by atomic mass is 19.1. The van der Waals surface area contributed by atoms with Crippen molar-refractivity contribution >= 4 is 0 Å². The Labute approximate surface area is 174 Å². The van der Waals surface area contributed by atoms with E-state index >= 15 is 0 Å². The number of hydrogen-bond donors (Lipinski definition) is 2. The quantitative estimate of drug-likeness (QED) is 0.566. The van der Waals surface area contributed by atoms with Crippen LogP contribution in [0.5, 0.6) is 5.75 Å². The Morgan fingerprint density at radius 3 is 2.83 bits per heavy atom. The van der Waals surface area contributed by atoms with E-state index < -0.39 is 0 Å². The van der Waals surface area contributed by atoms with Crippen molar-refractivity contribution in [3.8, 4) is 5.75 Å². The number of fused-ring (bicyclic) bond motifs is 1. The van der Waals surface area contributed by atoms with Gasteiger partial charge in [-0.1, -0.05) is 36.8 Å². The van der Waals surface area contributed by atoms with Crippen LogP contribution in [0, 0.1) is 11.7 Å². The average Bonchev–Trinajstić information content (AvgIpc) is 2.75. The van der Waals surface area contributed by atoms with Gasteiger partial charge < -0.3 is 15.6 Å². The Morgan fingerprint density at radius 1 is 1.21 bits per heavy atom. The number of hydrogen-bond acceptors (Lipinski definition) is 3. The second-order valence-corrected chi connectivity index (χ2v) is 8.26. The molecule has 0 radical (unpaired) electrons. The second-order valence-electron chi connectivity index (χ2n) is 8.26. The van der Waals surface area contributed by atoms with Crippen molar-refractivity contribution in [2.45, 2.75) is 57.3 Å². The van der Waals surface area contributed by atoms with E-state index in [4.69, 9.17) is 15.6 Å². The third-order valence-corrected chi connectivity index (χ3v) is 6.36. The Morgan fingerprint density at radius 2 is 2.07 bits per heavy atom. The number of benzene rings is 2. The maximum Gasteiger partial charge on any atom is 0.168 e. The molecule has 2 aromatic carbocycles. The molecule has 0 spiro atoms. The summed E-state index contributed by atoms with van der Waals surface area (Å²) in [7, 11) is 1.51. The van der Waals surface area contributed by atoms with Gasteiger partial charge in [-0.25, -0.2) is 4.39 Å². The molecule has 0 saturated heterocycles. The summed E-state index contributed by atoms with van der Waals surface area (Å²) < 4.78 is 19.5. The van der Waals surface area contributed by atoms with Gasteiger partial charge in [-0.15, -0.1) is 0 Å². The van der Waals surface area contributed by atoms with Crippen LogP contribution in [0.25, 0.3) is 0 Å². The van der Waals surface area contributed by atoms with Gasteiger partial charge in [0.2, 0.25) is 0 Å². The van der Waals surface area contributed by atoms with E-state index in [9.17, 15) is 4.39 Å². The van der Waals surface area contributed by atoms with E-state index in [0.717, 1.165) is 56.9 Å². The molecule has 3 nitrogen and oxygen atoms in total. The van der Waals surface area contributed by atoms with E-state index in [1.165, 1.54) is 23.8 Å². The minimum Gasteiger partial charge on any atom is -0.494 e. The van der Waals surface area contributed by atoms with Crippen LogP contribution in [0.4, 0.5) is 4.39 Å². The number of methoxy groups -OCH3 is 1. The molecule has 0 heterocycles. The Balaban J connectivity index is 1.60. The van der Waals surface area contributed by atoms with Gasteiger partial charge in [-0.2, -0.15) is 0 Å². The van der Waals surface area contributed by atoms with Crippen LogP contribution in [0.15, 0.2) is 36.4 Å². The molecule has 1 aliphatic carbocycles. The van der Waals surface area contributed by atoms with E-state index in [2.05, 4.69) is 18.2 Å². The minimum absolute atomic E-state index is 0.218. The first-order valence-corrected chi connectivity index (χ1v) is 10.9. The van der Waals surface area contributed by atoms with Crippen LogP contribution in [0.3, 0.4) is 0 Å². The largest absolute Gasteiger partial charge is 0.494 e. The fraction of sp³-hybridized carbons (Fsp3) is 0.520. The lowest BCUT2D eigenvalue weighted by atomic mass is 9.79. The molecular weight excluding hydrogens is 365 g/mol. The van der Waals surface area contributed by atoms with Gasteiger partial charge in [0.05, 0.1) is 7.11 Å². The molecule has 0 bridgehead atoms. The molecule has 0 fully saturated rings. The molecule has 0 aliphatic heterocycles. The zero-order valence-electron chi connectivity index (χ0n) is 17.5. The van der Waals surface area contributed by atoms with Gasteiger partial charge in [0.1, 0.15) is 0 Å². The van der Waals surface area contributed by atoms with Gasteiger partial charge in [-0.3, -0.25) is 0 Å². The zero-order chi connectivity index (χ0) is 20.6. The first-order valence-electron chi connectivity index (χ1n) is 10.9. The third-order valence-electron chi connectivity index (χ3n) is 6.36. The summed E-state index contributed by atoms with van der Waals surface area (Å²) in [6, 6.07) is 12.3. The molecule has 158 valence electrons. The number of unbranched alkanes of at least 4 members (excludes halogenated alkanes) is 1. The lowest BCUT2D eigenvalue weighted by molar-refractivity contribution is 0.281. The molecule has 0 amide bonds. The Kier molecular flexibility index (Phi) is 8.08. The molecule has 0 saturated carbocycles. The van der Waals surface area contributed by atoms with Crippen molar-refractivity contribution < 1.29 is 14.2 Å². The number of aliphatic hydroxyl groups excluding tert-OH is 1. The summed E-state index contributed by atoms with van der Waals surface area (Å²) >= 11 is 0. The number of nitrogens with two attached hydrogens (primary N) is 1. The number of aliphatic hydroxyl groups is 1. The normalized spacial score (nSPS) is 17.0. The summed E-state index contributed by atoms with van der Waals surface area (Å²) in [6.45, 7) is 0.904. The van der Waals surface area contributed by atoms with Gasteiger partial charge in [-0.05, 0) is 91.6 Å². The average molecular weight is 400 g/mol. The maximum absolute atomic E-state index is 14.4. The van der Waals surface area contributed by atoms with Crippen LogP contribution in [0.2, 0.25) is 0 Å². The summed E-state index contributed by atoms with van der Waals surface area (Å²) in [6.07, 6.45) is 7.94. The van der Waals surface area contributed by atoms with Crippen molar-refractivity contribution in [2.24, 2.45) is 11.7 Å². The van der Waals surface area contributed by atoms with E-state index in [-0.39, 0.29) is 12.4 Å². The molecule has 4 heteroatoms. The predicted molar refractivity (Wildman–Crippen MR) is 116 cm³/mol.